The van der Waals surface area contributed by atoms with Crippen molar-refractivity contribution >= 4 is 11.9 Å². The Kier molecular flexibility index (Phi) is 22.0. The first-order valence-electron chi connectivity index (χ1n) is 19.3. The van der Waals surface area contributed by atoms with Gasteiger partial charge in [-0.2, -0.15) is 0 Å². The van der Waals surface area contributed by atoms with Crippen LogP contribution in [0.2, 0.25) is 0 Å². The van der Waals surface area contributed by atoms with Gasteiger partial charge in [-0.05, 0) is 32.6 Å². The van der Waals surface area contributed by atoms with Crippen molar-refractivity contribution in [3.05, 3.63) is 85.1 Å². The molecule has 0 aromatic carbocycles. The smallest absolute Gasteiger partial charge is 0.311 e. The fraction of sp³-hybridized carbons (Fsp3) is 0.619. The molecule has 0 saturated carbocycles. The molecule has 14 atom stereocenters. The molecule has 56 heavy (non-hydrogen) atoms. The highest BCUT2D eigenvalue weighted by molar-refractivity contribution is 5.71. The van der Waals surface area contributed by atoms with E-state index in [1.807, 2.05) is 61.6 Å². The monoisotopic (exact) mass is 792 g/mol. The van der Waals surface area contributed by atoms with Gasteiger partial charge in [0.25, 0.3) is 0 Å². The van der Waals surface area contributed by atoms with Crippen LogP contribution in [0, 0.1) is 17.8 Å². The Bertz CT molecular complexity index is 1390. The summed E-state index contributed by atoms with van der Waals surface area (Å²) in [5.41, 5.74) is 0. The van der Waals surface area contributed by atoms with E-state index < -0.39 is 110 Å². The van der Waals surface area contributed by atoms with Gasteiger partial charge in [-0.3, -0.25) is 9.59 Å². The molecule has 1 saturated heterocycles. The van der Waals surface area contributed by atoms with Gasteiger partial charge in [0.15, 0.2) is 5.79 Å². The molecule has 0 aromatic rings. The first-order chi connectivity index (χ1) is 26.5. The Labute approximate surface area is 330 Å². The van der Waals surface area contributed by atoms with E-state index in [0.29, 0.717) is 0 Å². The van der Waals surface area contributed by atoms with Crippen LogP contribution in [0.1, 0.15) is 72.1 Å². The van der Waals surface area contributed by atoms with Crippen LogP contribution in [0.5, 0.6) is 0 Å². The van der Waals surface area contributed by atoms with Gasteiger partial charge in [-0.25, -0.2) is 0 Å². The molecule has 0 radical (unpaired) electrons. The van der Waals surface area contributed by atoms with E-state index >= 15 is 0 Å². The number of aliphatic hydroxyl groups excluding tert-OH is 7. The Morgan fingerprint density at radius 2 is 1.21 bits per heavy atom. The van der Waals surface area contributed by atoms with E-state index in [1.54, 1.807) is 44.2 Å². The summed E-state index contributed by atoms with van der Waals surface area (Å²) in [6.45, 7) is 5.25. The lowest BCUT2D eigenvalue weighted by Crippen LogP contribution is -2.56. The number of aliphatic hydroxyl groups is 8. The molecule has 0 amide bonds. The number of rotatable bonds is 2. The van der Waals surface area contributed by atoms with Crippen LogP contribution in [0.3, 0.4) is 0 Å². The molecule has 0 spiro atoms. The molecule has 0 unspecified atom stereocenters. The number of fused-ring (bicyclic) bond motifs is 2. The molecule has 2 bridgehead atoms. The molecule has 1 fully saturated rings. The number of allylic oxidation sites excluding steroid dienone is 12. The second-order valence-corrected chi connectivity index (χ2v) is 14.9. The number of cyclic esters (lactones) is 1. The Hall–Kier alpha value is -3.28. The lowest BCUT2D eigenvalue weighted by Gasteiger charge is -2.44. The number of ether oxygens (including phenoxy) is 3. The number of methoxy groups -OCH3 is 1. The van der Waals surface area contributed by atoms with E-state index in [2.05, 4.69) is 0 Å². The first-order valence-corrected chi connectivity index (χ1v) is 19.3. The van der Waals surface area contributed by atoms with Crippen LogP contribution in [0.15, 0.2) is 85.1 Å². The first kappa shape index (κ1) is 48.9. The predicted molar refractivity (Wildman–Crippen MR) is 209 cm³/mol. The van der Waals surface area contributed by atoms with Crippen molar-refractivity contribution in [3.8, 4) is 0 Å². The maximum atomic E-state index is 12.5. The van der Waals surface area contributed by atoms with Crippen LogP contribution in [-0.2, 0) is 23.8 Å². The fourth-order valence-electron chi connectivity index (χ4n) is 6.68. The minimum absolute atomic E-state index is 0.0608. The summed E-state index contributed by atoms with van der Waals surface area (Å²) < 4.78 is 16.7. The molecule has 14 heteroatoms. The standard InChI is InChI=1S/C42H64O14/c1-27-17-15-13-11-9-7-5-6-8-10-12-14-16-18-33(54-4)24-37-39(41(51)52)36(48)26-42(53,56-37)25-35(47)34(46)20-19-30(43)21-31(44)22-32(45)23-38(49)55-29(3)28(2)40(27)50/h5-18,27-37,39-40,43-48,50,53H,19-26H2,1-4H3,(H,51,52)/b6-5+,9-7+,10-8+,13-11+,14-12+,17-15+,18-16+/t27-,28-,29-,30+,31+,32+,33-,34+,35+,36-,37-,39+,40+,42+/m0/s1. The number of carbonyl (C=O) groups is 2. The SMILES string of the molecule is CO[C@H]1/C=C/C=C/C=C/C=C/C=C/C=C/C=C/[C@H](C)[C@@H](O)[C@@H](C)[C@H](C)OC(=O)C[C@H](O)C[C@H](O)C[C@H](O)CC[C@@H](O)[C@H](O)C[C@]2(O)C[C@H](O)[C@@H](C(=O)O)[C@H](C1)O2. The van der Waals surface area contributed by atoms with Crippen molar-refractivity contribution in [2.24, 2.45) is 17.8 Å². The zero-order valence-electron chi connectivity index (χ0n) is 32.8. The lowest BCUT2D eigenvalue weighted by molar-refractivity contribution is -0.302. The molecule has 2 aliphatic rings. The van der Waals surface area contributed by atoms with Crippen LogP contribution >= 0.6 is 0 Å². The highest BCUT2D eigenvalue weighted by atomic mass is 16.6. The van der Waals surface area contributed by atoms with Gasteiger partial charge in [0.1, 0.15) is 12.0 Å². The van der Waals surface area contributed by atoms with Crippen LogP contribution in [-0.4, -0.2) is 132 Å². The van der Waals surface area contributed by atoms with Crippen molar-refractivity contribution in [3.63, 3.8) is 0 Å². The third kappa shape index (κ3) is 17.9. The number of carboxylic acids is 1. The molecular weight excluding hydrogens is 728 g/mol. The zero-order chi connectivity index (χ0) is 41.8. The molecule has 9 N–H and O–H groups in total. The maximum absolute atomic E-state index is 12.5. The van der Waals surface area contributed by atoms with Gasteiger partial charge in [0.05, 0.1) is 61.4 Å². The van der Waals surface area contributed by atoms with Crippen molar-refractivity contribution in [2.45, 2.75) is 139 Å². The number of carboxylic acid groups (broad SMARTS) is 1. The Morgan fingerprint density at radius 3 is 1.77 bits per heavy atom. The highest BCUT2D eigenvalue weighted by Crippen LogP contribution is 2.37. The van der Waals surface area contributed by atoms with E-state index in [4.69, 9.17) is 14.2 Å². The van der Waals surface area contributed by atoms with E-state index in [-0.39, 0.29) is 38.0 Å². The van der Waals surface area contributed by atoms with Gasteiger partial charge >= 0.3 is 11.9 Å². The molecule has 2 aliphatic heterocycles. The largest absolute Gasteiger partial charge is 0.481 e. The average Bonchev–Trinajstić information content (AvgIpc) is 3.11. The summed E-state index contributed by atoms with van der Waals surface area (Å²) >= 11 is 0. The summed E-state index contributed by atoms with van der Waals surface area (Å²) in [7, 11) is 1.42. The molecule has 2 rings (SSSR count). The molecule has 14 nitrogen and oxygen atoms in total. The molecule has 0 aromatic heterocycles. The van der Waals surface area contributed by atoms with Gasteiger partial charge in [-0.15, -0.1) is 0 Å². The molecule has 316 valence electrons. The second-order valence-electron chi connectivity index (χ2n) is 14.9. The fourth-order valence-corrected chi connectivity index (χ4v) is 6.68. The minimum atomic E-state index is -2.20. The van der Waals surface area contributed by atoms with Crippen molar-refractivity contribution in [1.29, 1.82) is 0 Å². The number of esters is 1. The Morgan fingerprint density at radius 1 is 0.696 bits per heavy atom. The minimum Gasteiger partial charge on any atom is -0.481 e. The summed E-state index contributed by atoms with van der Waals surface area (Å²) in [4.78, 5) is 24.6. The zero-order valence-corrected chi connectivity index (χ0v) is 32.8. The number of carbonyl (C=O) groups excluding carboxylic acids is 1. The molecule has 2 heterocycles. The van der Waals surface area contributed by atoms with E-state index in [9.17, 15) is 55.5 Å². The third-order valence-corrected chi connectivity index (χ3v) is 10.1. The van der Waals surface area contributed by atoms with Gasteiger partial charge in [0, 0.05) is 38.2 Å². The lowest BCUT2D eigenvalue weighted by atomic mass is 9.82. The van der Waals surface area contributed by atoms with E-state index in [1.165, 1.54) is 7.11 Å². The third-order valence-electron chi connectivity index (χ3n) is 10.1. The van der Waals surface area contributed by atoms with Gasteiger partial charge in [-0.1, -0.05) is 98.9 Å². The second kappa shape index (κ2) is 25.2. The van der Waals surface area contributed by atoms with Crippen molar-refractivity contribution in [1.82, 2.24) is 0 Å². The summed E-state index contributed by atoms with van der Waals surface area (Å²) in [6.07, 6.45) is 11.2. The Balaban J connectivity index is 2.21. The summed E-state index contributed by atoms with van der Waals surface area (Å²) in [6, 6.07) is 0. The normalized spacial score (nSPS) is 42.6. The molecular formula is C42H64O14. The average molecular weight is 793 g/mol. The quantitative estimate of drug-likeness (QED) is 0.183. The predicted octanol–water partition coefficient (Wildman–Crippen LogP) is 2.55. The molecule has 0 aliphatic carbocycles. The van der Waals surface area contributed by atoms with E-state index in [0.717, 1.165) is 0 Å². The van der Waals surface area contributed by atoms with Gasteiger partial charge in [0.2, 0.25) is 0 Å². The van der Waals surface area contributed by atoms with Crippen molar-refractivity contribution in [2.75, 3.05) is 7.11 Å². The number of hydrogen-bond donors (Lipinski definition) is 9. The topological polar surface area (TPSA) is 244 Å². The van der Waals surface area contributed by atoms with Crippen LogP contribution < -0.4 is 0 Å². The van der Waals surface area contributed by atoms with Gasteiger partial charge < -0.3 is 60.2 Å². The van der Waals surface area contributed by atoms with Crippen molar-refractivity contribution < 1.29 is 69.8 Å². The van der Waals surface area contributed by atoms with Crippen LogP contribution in [0.25, 0.3) is 0 Å². The number of aliphatic carboxylic acids is 1. The van der Waals surface area contributed by atoms with Crippen LogP contribution in [0.4, 0.5) is 0 Å². The summed E-state index contributed by atoms with van der Waals surface area (Å²) in [5, 5.41) is 95.5. The maximum Gasteiger partial charge on any atom is 0.311 e. The number of hydrogen-bond acceptors (Lipinski definition) is 13. The highest BCUT2D eigenvalue weighted by Gasteiger charge is 2.50. The summed E-state index contributed by atoms with van der Waals surface area (Å²) in [5.74, 6) is -6.34.